The summed E-state index contributed by atoms with van der Waals surface area (Å²) in [4.78, 5) is 3.99. The van der Waals surface area contributed by atoms with Gasteiger partial charge in [-0.15, -0.1) is 0 Å². The molecule has 1 heterocycles. The Balaban J connectivity index is 2.33. The van der Waals surface area contributed by atoms with Gasteiger partial charge in [0.15, 0.2) is 0 Å². The molecule has 18 heavy (non-hydrogen) atoms. The van der Waals surface area contributed by atoms with Crippen LogP contribution in [0.5, 0.6) is 5.75 Å². The maximum Gasteiger partial charge on any atom is 0.137 e. The number of aromatic nitrogens is 3. The van der Waals surface area contributed by atoms with Gasteiger partial charge in [-0.3, -0.25) is 0 Å². The first-order chi connectivity index (χ1) is 8.76. The smallest absolute Gasteiger partial charge is 0.137 e. The lowest BCUT2D eigenvalue weighted by Gasteiger charge is -2.23. The zero-order valence-electron chi connectivity index (χ0n) is 10.7. The summed E-state index contributed by atoms with van der Waals surface area (Å²) >= 11 is 0. The molecular weight excluding hydrogens is 228 g/mol. The molecule has 1 aromatic heterocycles. The van der Waals surface area contributed by atoms with Crippen LogP contribution in [-0.2, 0) is 0 Å². The Morgan fingerprint density at radius 3 is 2.56 bits per heavy atom. The van der Waals surface area contributed by atoms with Gasteiger partial charge in [-0.25, -0.2) is 9.67 Å². The zero-order valence-corrected chi connectivity index (χ0v) is 10.7. The molecule has 0 spiro atoms. The predicted molar refractivity (Wildman–Crippen MR) is 69.4 cm³/mol. The highest BCUT2D eigenvalue weighted by Crippen LogP contribution is 2.23. The second-order valence-corrected chi connectivity index (χ2v) is 4.17. The first kappa shape index (κ1) is 12.6. The van der Waals surface area contributed by atoms with Gasteiger partial charge in [-0.05, 0) is 24.1 Å². The maximum atomic E-state index is 6.19. The SMILES string of the molecule is CCC(N)C(c1ccc(OC)cc1)n1cncn1. The molecule has 0 amide bonds. The van der Waals surface area contributed by atoms with E-state index in [4.69, 9.17) is 10.5 Å². The van der Waals surface area contributed by atoms with Gasteiger partial charge in [0.05, 0.1) is 13.2 Å². The second-order valence-electron chi connectivity index (χ2n) is 4.17. The summed E-state index contributed by atoms with van der Waals surface area (Å²) in [5.41, 5.74) is 7.30. The Kier molecular flexibility index (Phi) is 3.94. The lowest BCUT2D eigenvalue weighted by Crippen LogP contribution is -2.32. The third-order valence-corrected chi connectivity index (χ3v) is 3.06. The van der Waals surface area contributed by atoms with Crippen LogP contribution in [0.15, 0.2) is 36.9 Å². The molecule has 0 saturated carbocycles. The van der Waals surface area contributed by atoms with E-state index in [1.54, 1.807) is 18.1 Å². The molecule has 0 saturated heterocycles. The predicted octanol–water partition coefficient (Wildman–Crippen LogP) is 1.61. The van der Waals surface area contributed by atoms with Crippen molar-refractivity contribution in [3.05, 3.63) is 42.5 Å². The van der Waals surface area contributed by atoms with Crippen molar-refractivity contribution >= 4 is 0 Å². The van der Waals surface area contributed by atoms with Crippen LogP contribution in [0.3, 0.4) is 0 Å². The molecule has 0 radical (unpaired) electrons. The zero-order chi connectivity index (χ0) is 13.0. The summed E-state index contributed by atoms with van der Waals surface area (Å²) in [6.45, 7) is 2.07. The number of nitrogens with zero attached hydrogens (tertiary/aromatic N) is 3. The van der Waals surface area contributed by atoms with Gasteiger partial charge in [0, 0.05) is 6.04 Å². The van der Waals surface area contributed by atoms with E-state index in [9.17, 15) is 0 Å². The van der Waals surface area contributed by atoms with E-state index in [1.165, 1.54) is 6.33 Å². The van der Waals surface area contributed by atoms with Crippen LogP contribution in [0.25, 0.3) is 0 Å². The molecule has 0 aliphatic heterocycles. The normalized spacial score (nSPS) is 14.2. The summed E-state index contributed by atoms with van der Waals surface area (Å²) in [6.07, 6.45) is 4.10. The van der Waals surface area contributed by atoms with Crippen molar-refractivity contribution < 1.29 is 4.74 Å². The summed E-state index contributed by atoms with van der Waals surface area (Å²) < 4.78 is 6.96. The highest BCUT2D eigenvalue weighted by molar-refractivity contribution is 5.30. The van der Waals surface area contributed by atoms with Crippen molar-refractivity contribution in [2.45, 2.75) is 25.4 Å². The minimum absolute atomic E-state index is 0.0000879. The highest BCUT2D eigenvalue weighted by Gasteiger charge is 2.21. The Labute approximate surface area is 107 Å². The molecule has 96 valence electrons. The average Bonchev–Trinajstić information content (AvgIpc) is 2.93. The van der Waals surface area contributed by atoms with E-state index < -0.39 is 0 Å². The molecule has 0 bridgehead atoms. The Morgan fingerprint density at radius 1 is 1.33 bits per heavy atom. The number of methoxy groups -OCH3 is 1. The van der Waals surface area contributed by atoms with E-state index in [0.717, 1.165) is 17.7 Å². The van der Waals surface area contributed by atoms with Crippen LogP contribution in [0.1, 0.15) is 24.9 Å². The van der Waals surface area contributed by atoms with Crippen molar-refractivity contribution in [1.29, 1.82) is 0 Å². The third-order valence-electron chi connectivity index (χ3n) is 3.06. The topological polar surface area (TPSA) is 66.0 Å². The average molecular weight is 246 g/mol. The fourth-order valence-corrected chi connectivity index (χ4v) is 1.98. The molecule has 0 aliphatic rings. The molecule has 5 nitrogen and oxygen atoms in total. The van der Waals surface area contributed by atoms with Gasteiger partial charge >= 0.3 is 0 Å². The van der Waals surface area contributed by atoms with E-state index in [1.807, 2.05) is 24.3 Å². The van der Waals surface area contributed by atoms with Crippen LogP contribution >= 0.6 is 0 Å². The number of nitrogens with two attached hydrogens (primary N) is 1. The van der Waals surface area contributed by atoms with E-state index in [-0.39, 0.29) is 12.1 Å². The van der Waals surface area contributed by atoms with Gasteiger partial charge in [-0.1, -0.05) is 19.1 Å². The van der Waals surface area contributed by atoms with Gasteiger partial charge in [0.25, 0.3) is 0 Å². The Bertz CT molecular complexity index is 466. The first-order valence-electron chi connectivity index (χ1n) is 6.00. The standard InChI is InChI=1S/C13H18N4O/c1-3-12(14)13(17-9-15-8-16-17)10-4-6-11(18-2)7-5-10/h4-9,12-13H,3,14H2,1-2H3. The monoisotopic (exact) mass is 246 g/mol. The van der Waals surface area contributed by atoms with Crippen molar-refractivity contribution in [3.8, 4) is 5.75 Å². The quantitative estimate of drug-likeness (QED) is 0.870. The fourth-order valence-electron chi connectivity index (χ4n) is 1.98. The van der Waals surface area contributed by atoms with Crippen LogP contribution in [0, 0.1) is 0 Å². The van der Waals surface area contributed by atoms with Crippen LogP contribution < -0.4 is 10.5 Å². The van der Waals surface area contributed by atoms with Crippen molar-refractivity contribution in [2.75, 3.05) is 7.11 Å². The van der Waals surface area contributed by atoms with Gasteiger partial charge in [0.2, 0.25) is 0 Å². The van der Waals surface area contributed by atoms with Gasteiger partial charge < -0.3 is 10.5 Å². The molecule has 2 aromatic rings. The summed E-state index contributed by atoms with van der Waals surface area (Å²) in [5.74, 6) is 0.834. The molecule has 0 fully saturated rings. The number of ether oxygens (including phenoxy) is 1. The molecule has 2 unspecified atom stereocenters. The fraction of sp³-hybridized carbons (Fsp3) is 0.385. The van der Waals surface area contributed by atoms with Crippen LogP contribution in [0.4, 0.5) is 0 Å². The van der Waals surface area contributed by atoms with Crippen molar-refractivity contribution in [1.82, 2.24) is 14.8 Å². The molecule has 1 aromatic carbocycles. The Hall–Kier alpha value is -1.88. The third kappa shape index (κ3) is 2.51. The molecular formula is C13H18N4O. The van der Waals surface area contributed by atoms with Crippen molar-refractivity contribution in [2.24, 2.45) is 5.73 Å². The largest absolute Gasteiger partial charge is 0.497 e. The molecule has 5 heteroatoms. The van der Waals surface area contributed by atoms with Crippen LogP contribution in [-0.4, -0.2) is 27.9 Å². The van der Waals surface area contributed by atoms with Gasteiger partial charge in [0.1, 0.15) is 18.4 Å². The summed E-state index contributed by atoms with van der Waals surface area (Å²) in [7, 11) is 1.65. The summed E-state index contributed by atoms with van der Waals surface area (Å²) in [5, 5.41) is 4.20. The minimum Gasteiger partial charge on any atom is -0.497 e. The van der Waals surface area contributed by atoms with E-state index in [2.05, 4.69) is 17.0 Å². The van der Waals surface area contributed by atoms with Gasteiger partial charge in [-0.2, -0.15) is 5.10 Å². The lowest BCUT2D eigenvalue weighted by atomic mass is 9.98. The second kappa shape index (κ2) is 5.64. The molecule has 2 N–H and O–H groups in total. The number of hydrogen-bond donors (Lipinski definition) is 1. The molecule has 2 rings (SSSR count). The number of benzene rings is 1. The first-order valence-corrected chi connectivity index (χ1v) is 6.00. The molecule has 0 aliphatic carbocycles. The number of hydrogen-bond acceptors (Lipinski definition) is 4. The van der Waals surface area contributed by atoms with Crippen LogP contribution in [0.2, 0.25) is 0 Å². The van der Waals surface area contributed by atoms with Crippen molar-refractivity contribution in [3.63, 3.8) is 0 Å². The minimum atomic E-state index is 0.0000879. The molecule has 2 atom stereocenters. The summed E-state index contributed by atoms with van der Waals surface area (Å²) in [6, 6.07) is 7.90. The van der Waals surface area contributed by atoms with E-state index in [0.29, 0.717) is 0 Å². The lowest BCUT2D eigenvalue weighted by molar-refractivity contribution is 0.410. The number of rotatable bonds is 5. The maximum absolute atomic E-state index is 6.19. The Morgan fingerprint density at radius 2 is 2.06 bits per heavy atom. The highest BCUT2D eigenvalue weighted by atomic mass is 16.5. The van der Waals surface area contributed by atoms with E-state index >= 15 is 0 Å².